The summed E-state index contributed by atoms with van der Waals surface area (Å²) in [6.45, 7) is 7.13. The van der Waals surface area contributed by atoms with Crippen molar-refractivity contribution in [2.24, 2.45) is 11.1 Å². The summed E-state index contributed by atoms with van der Waals surface area (Å²) >= 11 is 0. The summed E-state index contributed by atoms with van der Waals surface area (Å²) in [4.78, 5) is 31.3. The van der Waals surface area contributed by atoms with Crippen LogP contribution >= 0.6 is 0 Å². The number of Topliss-reactive ketones (excluding diaryl/α,β-unsaturated/α-hetero) is 1. The number of likely N-dealkylation sites (tertiary alicyclic amines) is 1. The van der Waals surface area contributed by atoms with Gasteiger partial charge in [0.05, 0.1) is 34.7 Å². The molecule has 1 fully saturated rings. The van der Waals surface area contributed by atoms with Crippen molar-refractivity contribution in [2.75, 3.05) is 25.0 Å². The van der Waals surface area contributed by atoms with Gasteiger partial charge in [0.15, 0.2) is 5.78 Å². The van der Waals surface area contributed by atoms with E-state index in [9.17, 15) is 23.5 Å². The zero-order valence-corrected chi connectivity index (χ0v) is 26.1. The number of carbonyl (C=O) groups excluding carboxylic acids is 2. The number of anilines is 1. The van der Waals surface area contributed by atoms with Crippen LogP contribution in [0.4, 0.5) is 14.5 Å². The van der Waals surface area contributed by atoms with E-state index in [0.717, 1.165) is 23.5 Å². The minimum Gasteiger partial charge on any atom is -0.382 e. The molecule has 2 aliphatic rings. The van der Waals surface area contributed by atoms with Gasteiger partial charge < -0.3 is 16.2 Å². The molecule has 2 aromatic heterocycles. The number of aryl methyl sites for hydroxylation is 1. The fraction of sp³-hybridized carbons (Fsp3) is 0.424. The molecule has 0 spiro atoms. The van der Waals surface area contributed by atoms with E-state index in [1.54, 1.807) is 16.8 Å². The van der Waals surface area contributed by atoms with Gasteiger partial charge in [0.25, 0.3) is 5.91 Å². The first-order valence-electron chi connectivity index (χ1n) is 15.4. The maximum absolute atomic E-state index is 14.9. The zero-order valence-electron chi connectivity index (χ0n) is 26.1. The molecule has 4 N–H and O–H groups in total. The Kier molecular flexibility index (Phi) is 8.23. The molecule has 242 valence electrons. The van der Waals surface area contributed by atoms with Crippen LogP contribution in [0.5, 0.6) is 0 Å². The number of carbonyl (C=O) groups is 2. The molecule has 0 radical (unpaired) electrons. The van der Waals surface area contributed by atoms with Crippen LogP contribution in [0.15, 0.2) is 49.1 Å². The number of β-amino-alcohol motifs (C(OH)–C–C–N with tert-alkyl or cyclic N) is 1. The maximum Gasteiger partial charge on any atom is 0.250 e. The second-order valence-corrected chi connectivity index (χ2v) is 13.3. The molecular formula is C33H38F2N8O3. The lowest BCUT2D eigenvalue weighted by atomic mass is 9.75. The van der Waals surface area contributed by atoms with Gasteiger partial charge in [-0.2, -0.15) is 10.2 Å². The van der Waals surface area contributed by atoms with E-state index in [0.29, 0.717) is 61.3 Å². The quantitative estimate of drug-likeness (QED) is 0.253. The fourth-order valence-electron chi connectivity index (χ4n) is 6.85. The highest BCUT2D eigenvalue weighted by Gasteiger charge is 2.38. The van der Waals surface area contributed by atoms with Crippen LogP contribution < -0.4 is 11.1 Å². The number of hydrogen-bond acceptors (Lipinski definition) is 8. The monoisotopic (exact) mass is 632 g/mol. The third kappa shape index (κ3) is 6.29. The Labute approximate surface area is 265 Å². The molecule has 2 aromatic carbocycles. The third-order valence-electron chi connectivity index (χ3n) is 8.99. The molecule has 1 atom stereocenters. The number of rotatable bonds is 9. The van der Waals surface area contributed by atoms with E-state index in [1.807, 2.05) is 17.9 Å². The number of aliphatic hydroxyl groups is 1. The molecular weight excluding hydrogens is 594 g/mol. The van der Waals surface area contributed by atoms with Crippen LogP contribution in [0.2, 0.25) is 0 Å². The van der Waals surface area contributed by atoms with Crippen LogP contribution in [-0.4, -0.2) is 71.9 Å². The number of primary amides is 1. The van der Waals surface area contributed by atoms with E-state index in [-0.39, 0.29) is 35.9 Å². The minimum atomic E-state index is -1.70. The van der Waals surface area contributed by atoms with E-state index in [2.05, 4.69) is 29.2 Å². The first-order valence-corrected chi connectivity index (χ1v) is 15.4. The van der Waals surface area contributed by atoms with Gasteiger partial charge in [0.1, 0.15) is 29.9 Å². The van der Waals surface area contributed by atoms with Gasteiger partial charge in [0.2, 0.25) is 0 Å². The smallest absolute Gasteiger partial charge is 0.250 e. The number of amides is 1. The Morgan fingerprint density at radius 1 is 1.13 bits per heavy atom. The van der Waals surface area contributed by atoms with Gasteiger partial charge in [-0.25, -0.2) is 23.1 Å². The van der Waals surface area contributed by atoms with Crippen LogP contribution in [0.3, 0.4) is 0 Å². The van der Waals surface area contributed by atoms with E-state index in [1.165, 1.54) is 23.4 Å². The standard InChI is InChI=1S/C33H38F2N8O3/c1-20-30-28(14-32(2,3)15-29(30)44)43(40-20)23-5-6-24(31(36)45)27(13-23)39-22-8-10-41(11-9-22)16-33(46,17-42-19-37-18-38-42)25-7-4-21(34)12-26(25)35/h4-7,12-13,18-19,22,39,46H,8-11,14-17H2,1-3H3,(H2,36,45)/t33-/m0/s1. The van der Waals surface area contributed by atoms with Gasteiger partial charge in [0, 0.05) is 49.4 Å². The first kappa shape index (κ1) is 31.5. The summed E-state index contributed by atoms with van der Waals surface area (Å²) in [6, 6.07) is 8.45. The first-order chi connectivity index (χ1) is 21.8. The predicted octanol–water partition coefficient (Wildman–Crippen LogP) is 3.77. The Balaban J connectivity index is 1.20. The van der Waals surface area contributed by atoms with Crippen LogP contribution in [-0.2, 0) is 18.6 Å². The Morgan fingerprint density at radius 2 is 1.89 bits per heavy atom. The van der Waals surface area contributed by atoms with Gasteiger partial charge in [-0.1, -0.05) is 19.9 Å². The number of nitrogens with zero attached hydrogens (tertiary/aromatic N) is 6. The lowest BCUT2D eigenvalue weighted by Crippen LogP contribution is -2.48. The molecule has 0 bridgehead atoms. The number of ketones is 1. The van der Waals surface area contributed by atoms with Crippen molar-refractivity contribution in [3.63, 3.8) is 0 Å². The molecule has 1 aliphatic carbocycles. The number of nitrogens with one attached hydrogen (secondary N) is 1. The number of hydrogen-bond donors (Lipinski definition) is 3. The molecule has 1 aliphatic heterocycles. The molecule has 46 heavy (non-hydrogen) atoms. The van der Waals surface area contributed by atoms with Crippen molar-refractivity contribution < 1.29 is 23.5 Å². The average molecular weight is 633 g/mol. The van der Waals surface area contributed by atoms with Gasteiger partial charge in [-0.05, 0) is 55.9 Å². The summed E-state index contributed by atoms with van der Waals surface area (Å²) < 4.78 is 31.8. The fourth-order valence-corrected chi connectivity index (χ4v) is 6.85. The largest absolute Gasteiger partial charge is 0.382 e. The molecule has 0 unspecified atom stereocenters. The topological polar surface area (TPSA) is 144 Å². The second-order valence-electron chi connectivity index (χ2n) is 13.3. The summed E-state index contributed by atoms with van der Waals surface area (Å²) in [7, 11) is 0. The zero-order chi connectivity index (χ0) is 32.8. The second kappa shape index (κ2) is 12.0. The van der Waals surface area contributed by atoms with E-state index >= 15 is 0 Å². The molecule has 1 amide bonds. The highest BCUT2D eigenvalue weighted by atomic mass is 19.1. The SMILES string of the molecule is Cc1nn(-c2ccc(C(N)=O)c(NC3CCN(C[C@](O)(Cn4cncn4)c4ccc(F)cc4F)CC3)c2)c2c1C(=O)CC(C)(C)C2. The van der Waals surface area contributed by atoms with Crippen molar-refractivity contribution in [2.45, 2.75) is 64.6 Å². The minimum absolute atomic E-state index is 0.0197. The summed E-state index contributed by atoms with van der Waals surface area (Å²) in [5.41, 5.74) is 7.69. The van der Waals surface area contributed by atoms with Crippen molar-refractivity contribution in [3.8, 4) is 5.69 Å². The van der Waals surface area contributed by atoms with Crippen LogP contribution in [0.1, 0.15) is 70.8 Å². The lowest BCUT2D eigenvalue weighted by molar-refractivity contribution is -0.0260. The summed E-state index contributed by atoms with van der Waals surface area (Å²) in [5.74, 6) is -2.04. The number of halogens is 2. The molecule has 11 nitrogen and oxygen atoms in total. The highest BCUT2D eigenvalue weighted by Crippen LogP contribution is 2.37. The number of aromatic nitrogens is 5. The third-order valence-corrected chi connectivity index (χ3v) is 8.99. The molecule has 3 heterocycles. The normalized spacial score (nSPS) is 18.3. The average Bonchev–Trinajstić information content (AvgIpc) is 3.60. The Bertz CT molecular complexity index is 1780. The number of benzene rings is 2. The van der Waals surface area contributed by atoms with Crippen molar-refractivity contribution in [1.29, 1.82) is 0 Å². The van der Waals surface area contributed by atoms with Crippen molar-refractivity contribution in [3.05, 3.63) is 88.8 Å². The number of nitrogens with two attached hydrogens (primary N) is 1. The van der Waals surface area contributed by atoms with Gasteiger partial charge in [-0.15, -0.1) is 0 Å². The van der Waals surface area contributed by atoms with Crippen LogP contribution in [0, 0.1) is 24.0 Å². The number of fused-ring (bicyclic) bond motifs is 1. The van der Waals surface area contributed by atoms with Crippen LogP contribution in [0.25, 0.3) is 5.69 Å². The Morgan fingerprint density at radius 3 is 2.57 bits per heavy atom. The van der Waals surface area contributed by atoms with Gasteiger partial charge >= 0.3 is 0 Å². The Hall–Kier alpha value is -4.49. The number of piperidine rings is 1. The predicted molar refractivity (Wildman–Crippen MR) is 167 cm³/mol. The molecule has 13 heteroatoms. The van der Waals surface area contributed by atoms with E-state index in [4.69, 9.17) is 10.8 Å². The lowest BCUT2D eigenvalue weighted by Gasteiger charge is -2.39. The van der Waals surface area contributed by atoms with E-state index < -0.39 is 23.1 Å². The summed E-state index contributed by atoms with van der Waals surface area (Å²) in [6.07, 6.45) is 5.25. The summed E-state index contributed by atoms with van der Waals surface area (Å²) in [5, 5.41) is 24.0. The molecule has 6 rings (SSSR count). The van der Waals surface area contributed by atoms with Crippen molar-refractivity contribution in [1.82, 2.24) is 29.4 Å². The molecule has 1 saturated heterocycles. The maximum atomic E-state index is 14.9. The highest BCUT2D eigenvalue weighted by molar-refractivity contribution is 6.00. The molecule has 4 aromatic rings. The van der Waals surface area contributed by atoms with Crippen molar-refractivity contribution >= 4 is 17.4 Å². The van der Waals surface area contributed by atoms with Gasteiger partial charge in [-0.3, -0.25) is 14.5 Å². The molecule has 0 saturated carbocycles.